The molecule has 0 atom stereocenters. The Labute approximate surface area is 131 Å². The molecule has 1 aromatic heterocycles. The second kappa shape index (κ2) is 7.45. The molecule has 1 rings (SSSR count). The molecule has 21 heavy (non-hydrogen) atoms. The minimum Gasteiger partial charge on any atom is -0.392 e. The third-order valence-electron chi connectivity index (χ3n) is 3.47. The van der Waals surface area contributed by atoms with Crippen molar-refractivity contribution < 1.29 is 4.79 Å². The van der Waals surface area contributed by atoms with Crippen LogP contribution in [0.25, 0.3) is 0 Å². The summed E-state index contributed by atoms with van der Waals surface area (Å²) in [4.78, 5) is 21.4. The van der Waals surface area contributed by atoms with Gasteiger partial charge in [-0.15, -0.1) is 0 Å². The van der Waals surface area contributed by atoms with Crippen molar-refractivity contribution in [2.45, 2.75) is 53.4 Å². The highest BCUT2D eigenvalue weighted by atomic mass is 32.1. The van der Waals surface area contributed by atoms with Crippen LogP contribution < -0.4 is 11.1 Å². The van der Waals surface area contributed by atoms with E-state index in [1.165, 1.54) is 0 Å². The van der Waals surface area contributed by atoms with Gasteiger partial charge in [-0.3, -0.25) is 10.1 Å². The molecule has 0 fully saturated rings. The molecule has 0 aliphatic carbocycles. The van der Waals surface area contributed by atoms with Crippen molar-refractivity contribution in [2.75, 3.05) is 5.32 Å². The highest BCUT2D eigenvalue weighted by molar-refractivity contribution is 7.80. The molecule has 116 valence electrons. The molecule has 1 aromatic rings. The quantitative estimate of drug-likeness (QED) is 0.757. The zero-order chi connectivity index (χ0) is 16.0. The number of aryl methyl sites for hydroxylation is 2. The van der Waals surface area contributed by atoms with Crippen LogP contribution in [-0.2, 0) is 4.79 Å². The molecular weight excluding hydrogens is 284 g/mol. The van der Waals surface area contributed by atoms with Gasteiger partial charge in [-0.1, -0.05) is 38.9 Å². The Morgan fingerprint density at radius 3 is 2.10 bits per heavy atom. The monoisotopic (exact) mass is 308 g/mol. The van der Waals surface area contributed by atoms with E-state index in [1.54, 1.807) is 0 Å². The molecule has 0 saturated carbocycles. The number of carbonyl (C=O) groups is 1. The molecule has 1 amide bonds. The van der Waals surface area contributed by atoms with Gasteiger partial charge in [0.25, 0.3) is 0 Å². The van der Waals surface area contributed by atoms with E-state index in [2.05, 4.69) is 15.3 Å². The van der Waals surface area contributed by atoms with Crippen LogP contribution in [0, 0.1) is 19.3 Å². The fraction of sp³-hybridized carbons (Fsp3) is 0.600. The first kappa shape index (κ1) is 17.5. The van der Waals surface area contributed by atoms with Crippen LogP contribution in [0.1, 0.15) is 50.9 Å². The van der Waals surface area contributed by atoms with Crippen LogP contribution in [0.3, 0.4) is 0 Å². The molecule has 6 heteroatoms. The van der Waals surface area contributed by atoms with Crippen molar-refractivity contribution in [3.8, 4) is 0 Å². The van der Waals surface area contributed by atoms with Gasteiger partial charge in [0.2, 0.25) is 11.9 Å². The predicted octanol–water partition coefficient (Wildman–Crippen LogP) is 2.90. The first-order valence-corrected chi connectivity index (χ1v) is 7.70. The standard InChI is InChI=1S/C15H24N4OS/c1-5-7-15(8-6-2,12(16)21)13(20)19-14-17-10(3)9-11(4)18-14/h9H,5-8H2,1-4H3,(H2,16,21)(H,17,18,19,20). The number of amides is 1. The number of hydrogen-bond acceptors (Lipinski definition) is 4. The predicted molar refractivity (Wildman–Crippen MR) is 89.2 cm³/mol. The Bertz CT molecular complexity index is 504. The van der Waals surface area contributed by atoms with Gasteiger partial charge in [0.15, 0.2) is 0 Å². The van der Waals surface area contributed by atoms with E-state index in [-0.39, 0.29) is 10.9 Å². The van der Waals surface area contributed by atoms with Gasteiger partial charge < -0.3 is 5.73 Å². The Morgan fingerprint density at radius 1 is 1.24 bits per heavy atom. The van der Waals surface area contributed by atoms with Crippen LogP contribution >= 0.6 is 12.2 Å². The average molecular weight is 308 g/mol. The van der Waals surface area contributed by atoms with E-state index in [0.717, 1.165) is 24.2 Å². The van der Waals surface area contributed by atoms with Crippen LogP contribution in [-0.4, -0.2) is 20.9 Å². The van der Waals surface area contributed by atoms with Gasteiger partial charge in [-0.05, 0) is 32.8 Å². The summed E-state index contributed by atoms with van der Waals surface area (Å²) in [5.41, 5.74) is 6.69. The lowest BCUT2D eigenvalue weighted by atomic mass is 9.78. The van der Waals surface area contributed by atoms with Crippen molar-refractivity contribution in [3.05, 3.63) is 17.5 Å². The molecule has 0 aliphatic rings. The van der Waals surface area contributed by atoms with Crippen molar-refractivity contribution >= 4 is 29.1 Å². The number of nitrogens with zero attached hydrogens (tertiary/aromatic N) is 2. The fourth-order valence-electron chi connectivity index (χ4n) is 2.57. The summed E-state index contributed by atoms with van der Waals surface area (Å²) in [6.07, 6.45) is 2.93. The van der Waals surface area contributed by atoms with Crippen LogP contribution in [0.5, 0.6) is 0 Å². The molecule has 0 saturated heterocycles. The van der Waals surface area contributed by atoms with Gasteiger partial charge in [0.05, 0.1) is 10.4 Å². The van der Waals surface area contributed by atoms with Gasteiger partial charge >= 0.3 is 0 Å². The maximum absolute atomic E-state index is 12.7. The second-order valence-corrected chi connectivity index (χ2v) is 5.81. The van der Waals surface area contributed by atoms with Crippen LogP contribution in [0.4, 0.5) is 5.95 Å². The van der Waals surface area contributed by atoms with Crippen molar-refractivity contribution in [2.24, 2.45) is 11.1 Å². The van der Waals surface area contributed by atoms with Crippen LogP contribution in [0.15, 0.2) is 6.07 Å². The van der Waals surface area contributed by atoms with E-state index in [9.17, 15) is 4.79 Å². The molecular formula is C15H24N4OS. The highest BCUT2D eigenvalue weighted by Crippen LogP contribution is 2.32. The van der Waals surface area contributed by atoms with E-state index >= 15 is 0 Å². The van der Waals surface area contributed by atoms with Crippen molar-refractivity contribution in [1.82, 2.24) is 9.97 Å². The molecule has 0 spiro atoms. The maximum Gasteiger partial charge on any atom is 0.239 e. The number of rotatable bonds is 7. The van der Waals surface area contributed by atoms with E-state index in [1.807, 2.05) is 33.8 Å². The number of aromatic nitrogens is 2. The third kappa shape index (κ3) is 4.20. The largest absolute Gasteiger partial charge is 0.392 e. The molecule has 0 unspecified atom stereocenters. The molecule has 0 aromatic carbocycles. The lowest BCUT2D eigenvalue weighted by Crippen LogP contribution is -2.46. The zero-order valence-corrected chi connectivity index (χ0v) is 14.0. The first-order valence-electron chi connectivity index (χ1n) is 7.29. The van der Waals surface area contributed by atoms with Crippen molar-refractivity contribution in [1.29, 1.82) is 0 Å². The van der Waals surface area contributed by atoms with Gasteiger partial charge in [-0.25, -0.2) is 9.97 Å². The molecule has 1 heterocycles. The van der Waals surface area contributed by atoms with Crippen molar-refractivity contribution in [3.63, 3.8) is 0 Å². The number of nitrogens with two attached hydrogens (primary N) is 1. The summed E-state index contributed by atoms with van der Waals surface area (Å²) in [7, 11) is 0. The molecule has 0 aliphatic heterocycles. The average Bonchev–Trinajstić information content (AvgIpc) is 2.36. The van der Waals surface area contributed by atoms with Gasteiger partial charge in [0, 0.05) is 11.4 Å². The Balaban J connectivity index is 3.07. The summed E-state index contributed by atoms with van der Waals surface area (Å²) < 4.78 is 0. The summed E-state index contributed by atoms with van der Waals surface area (Å²) in [6.45, 7) is 7.76. The topological polar surface area (TPSA) is 80.9 Å². The minimum absolute atomic E-state index is 0.205. The fourth-order valence-corrected chi connectivity index (χ4v) is 2.86. The number of anilines is 1. The lowest BCUT2D eigenvalue weighted by Gasteiger charge is -2.30. The Hall–Kier alpha value is -1.56. The first-order chi connectivity index (χ1) is 9.85. The normalized spacial score (nSPS) is 11.2. The van der Waals surface area contributed by atoms with E-state index in [4.69, 9.17) is 18.0 Å². The number of carbonyl (C=O) groups excluding carboxylic acids is 1. The highest BCUT2D eigenvalue weighted by Gasteiger charge is 2.40. The molecule has 3 N–H and O–H groups in total. The number of nitrogens with one attached hydrogen (secondary N) is 1. The number of thiocarbonyl (C=S) groups is 1. The van der Waals surface area contributed by atoms with Crippen LogP contribution in [0.2, 0.25) is 0 Å². The summed E-state index contributed by atoms with van der Waals surface area (Å²) in [5, 5.41) is 2.79. The zero-order valence-electron chi connectivity index (χ0n) is 13.2. The smallest absolute Gasteiger partial charge is 0.239 e. The molecule has 0 radical (unpaired) electrons. The van der Waals surface area contributed by atoms with E-state index in [0.29, 0.717) is 18.8 Å². The maximum atomic E-state index is 12.7. The molecule has 5 nitrogen and oxygen atoms in total. The van der Waals surface area contributed by atoms with E-state index < -0.39 is 5.41 Å². The third-order valence-corrected chi connectivity index (χ3v) is 3.86. The summed E-state index contributed by atoms with van der Waals surface area (Å²) in [6, 6.07) is 1.86. The minimum atomic E-state index is -0.820. The summed E-state index contributed by atoms with van der Waals surface area (Å²) >= 11 is 5.18. The second-order valence-electron chi connectivity index (χ2n) is 5.37. The molecule has 0 bridgehead atoms. The lowest BCUT2D eigenvalue weighted by molar-refractivity contribution is -0.122. The summed E-state index contributed by atoms with van der Waals surface area (Å²) in [5.74, 6) is 0.106. The Kier molecular flexibility index (Phi) is 6.20. The Morgan fingerprint density at radius 2 is 1.71 bits per heavy atom. The SMILES string of the molecule is CCCC(CCC)(C(=O)Nc1nc(C)cc(C)n1)C(N)=S. The van der Waals surface area contributed by atoms with Gasteiger partial charge in [-0.2, -0.15) is 0 Å². The van der Waals surface area contributed by atoms with Gasteiger partial charge in [0.1, 0.15) is 0 Å². The number of hydrogen-bond donors (Lipinski definition) is 2.